The van der Waals surface area contributed by atoms with Gasteiger partial charge in [-0.15, -0.1) is 0 Å². The Morgan fingerprint density at radius 2 is 1.83 bits per heavy atom. The molecule has 1 aromatic rings. The minimum atomic E-state index is -0.644. The third-order valence-corrected chi connectivity index (χ3v) is 5.13. The second-order valence-corrected chi connectivity index (χ2v) is 6.65. The van der Waals surface area contributed by atoms with E-state index in [9.17, 15) is 9.59 Å². The number of β-lactam (4-membered cyclic amide) rings is 1. The Morgan fingerprint density at radius 1 is 1.22 bits per heavy atom. The molecule has 1 saturated heterocycles. The second kappa shape index (κ2) is 5.87. The Bertz CT molecular complexity index is 602. The molecule has 1 saturated carbocycles. The first-order valence-electron chi connectivity index (χ1n) is 8.13. The smallest absolute Gasteiger partial charge is 0.303 e. The highest BCUT2D eigenvalue weighted by Gasteiger charge is 2.63. The van der Waals surface area contributed by atoms with Crippen LogP contribution in [0.1, 0.15) is 39.5 Å². The molecule has 1 aliphatic heterocycles. The molecule has 1 amide bonds. The molecule has 23 heavy (non-hydrogen) atoms. The number of carbonyl (C=O) groups is 2. The van der Waals surface area contributed by atoms with Crippen molar-refractivity contribution in [3.05, 3.63) is 24.3 Å². The number of nitrogens with zero attached hydrogens (tertiary/aromatic N) is 1. The lowest BCUT2D eigenvalue weighted by Gasteiger charge is -2.58. The van der Waals surface area contributed by atoms with Crippen molar-refractivity contribution in [3.8, 4) is 5.75 Å². The summed E-state index contributed by atoms with van der Waals surface area (Å²) >= 11 is 0. The summed E-state index contributed by atoms with van der Waals surface area (Å²) in [4.78, 5) is 25.8. The van der Waals surface area contributed by atoms with E-state index in [1.165, 1.54) is 6.92 Å². The predicted molar refractivity (Wildman–Crippen MR) is 86.4 cm³/mol. The van der Waals surface area contributed by atoms with Gasteiger partial charge in [0.25, 0.3) is 5.91 Å². The molecule has 0 N–H and O–H groups in total. The van der Waals surface area contributed by atoms with Crippen LogP contribution in [0.15, 0.2) is 24.3 Å². The topological polar surface area (TPSA) is 55.8 Å². The van der Waals surface area contributed by atoms with Crippen molar-refractivity contribution >= 4 is 17.6 Å². The van der Waals surface area contributed by atoms with Gasteiger partial charge < -0.3 is 9.47 Å². The van der Waals surface area contributed by atoms with E-state index >= 15 is 0 Å². The van der Waals surface area contributed by atoms with Crippen LogP contribution in [0.5, 0.6) is 5.75 Å². The van der Waals surface area contributed by atoms with Gasteiger partial charge in [-0.2, -0.15) is 0 Å². The zero-order valence-corrected chi connectivity index (χ0v) is 13.9. The molecule has 3 rings (SSSR count). The third kappa shape index (κ3) is 2.58. The number of rotatable bonds is 3. The predicted octanol–water partition coefficient (Wildman–Crippen LogP) is 2.92. The lowest BCUT2D eigenvalue weighted by atomic mass is 9.67. The summed E-state index contributed by atoms with van der Waals surface area (Å²) in [5, 5.41) is 0. The van der Waals surface area contributed by atoms with Gasteiger partial charge in [0.1, 0.15) is 5.75 Å². The van der Waals surface area contributed by atoms with E-state index in [2.05, 4.69) is 6.92 Å². The second-order valence-electron chi connectivity index (χ2n) is 6.65. The Labute approximate surface area is 136 Å². The lowest BCUT2D eigenvalue weighted by molar-refractivity contribution is -0.169. The summed E-state index contributed by atoms with van der Waals surface area (Å²) in [6, 6.07) is 7.48. The molecule has 124 valence electrons. The highest BCUT2D eigenvalue weighted by atomic mass is 16.6. The van der Waals surface area contributed by atoms with E-state index in [-0.39, 0.29) is 11.4 Å². The quantitative estimate of drug-likeness (QED) is 0.635. The van der Waals surface area contributed by atoms with Crippen LogP contribution in [-0.2, 0) is 14.3 Å². The number of hydrogen-bond acceptors (Lipinski definition) is 4. The monoisotopic (exact) mass is 317 g/mol. The molecule has 1 aliphatic carbocycles. The van der Waals surface area contributed by atoms with Crippen LogP contribution < -0.4 is 9.64 Å². The molecule has 1 aromatic carbocycles. The van der Waals surface area contributed by atoms with Crippen LogP contribution in [0, 0.1) is 5.92 Å². The molecule has 1 spiro atoms. The number of ether oxygens (including phenoxy) is 2. The molecular weight excluding hydrogens is 294 g/mol. The number of esters is 1. The normalized spacial score (nSPS) is 30.0. The fourth-order valence-electron chi connectivity index (χ4n) is 3.81. The summed E-state index contributed by atoms with van der Waals surface area (Å²) in [6.07, 6.45) is 3.16. The standard InChI is InChI=1S/C18H23NO4/c1-12-8-10-18(11-9-12)16(23-13(2)20)17(21)19(18)14-4-6-15(22-3)7-5-14/h4-7,12,16H,8-11H2,1-3H3/t12?,16-,18?/m0/s1. The molecule has 1 atom stereocenters. The fourth-order valence-corrected chi connectivity index (χ4v) is 3.81. The van der Waals surface area contributed by atoms with Gasteiger partial charge in [-0.25, -0.2) is 0 Å². The van der Waals surface area contributed by atoms with Gasteiger partial charge in [0, 0.05) is 12.6 Å². The van der Waals surface area contributed by atoms with Crippen molar-refractivity contribution < 1.29 is 19.1 Å². The molecule has 5 heteroatoms. The first-order valence-corrected chi connectivity index (χ1v) is 8.13. The first kappa shape index (κ1) is 15.8. The Hall–Kier alpha value is -2.04. The molecule has 2 aliphatic rings. The van der Waals surface area contributed by atoms with Crippen LogP contribution in [0.4, 0.5) is 5.69 Å². The minimum absolute atomic E-state index is 0.125. The molecule has 2 fully saturated rings. The number of carbonyl (C=O) groups excluding carboxylic acids is 2. The minimum Gasteiger partial charge on any atom is -0.497 e. The molecule has 1 heterocycles. The zero-order chi connectivity index (χ0) is 16.6. The highest BCUT2D eigenvalue weighted by Crippen LogP contribution is 2.49. The maximum Gasteiger partial charge on any atom is 0.303 e. The third-order valence-electron chi connectivity index (χ3n) is 5.13. The van der Waals surface area contributed by atoms with Crippen molar-refractivity contribution in [1.29, 1.82) is 0 Å². The van der Waals surface area contributed by atoms with Crippen molar-refractivity contribution in [2.75, 3.05) is 12.0 Å². The first-order chi connectivity index (χ1) is 11.0. The van der Waals surface area contributed by atoms with E-state index < -0.39 is 12.1 Å². The largest absolute Gasteiger partial charge is 0.497 e. The summed E-state index contributed by atoms with van der Waals surface area (Å²) in [6.45, 7) is 3.59. The van der Waals surface area contributed by atoms with E-state index in [1.54, 1.807) is 7.11 Å². The van der Waals surface area contributed by atoms with Crippen LogP contribution in [-0.4, -0.2) is 30.6 Å². The Balaban J connectivity index is 1.91. The van der Waals surface area contributed by atoms with Crippen molar-refractivity contribution in [3.63, 3.8) is 0 Å². The Kier molecular flexibility index (Phi) is 4.04. The van der Waals surface area contributed by atoms with Gasteiger partial charge in [-0.3, -0.25) is 14.5 Å². The van der Waals surface area contributed by atoms with Crippen LogP contribution in [0.2, 0.25) is 0 Å². The number of hydrogen-bond donors (Lipinski definition) is 0. The number of amides is 1. The molecule has 0 bridgehead atoms. The van der Waals surface area contributed by atoms with Gasteiger partial charge in [-0.1, -0.05) is 6.92 Å². The average molecular weight is 317 g/mol. The van der Waals surface area contributed by atoms with Crippen molar-refractivity contribution in [2.24, 2.45) is 5.92 Å². The summed E-state index contributed by atoms with van der Waals surface area (Å²) < 4.78 is 10.5. The van der Waals surface area contributed by atoms with E-state index in [0.29, 0.717) is 5.92 Å². The molecule has 0 unspecified atom stereocenters. The fraction of sp³-hybridized carbons (Fsp3) is 0.556. The maximum atomic E-state index is 12.6. The number of anilines is 1. The number of methoxy groups -OCH3 is 1. The molecular formula is C18H23NO4. The molecule has 0 aromatic heterocycles. The van der Waals surface area contributed by atoms with E-state index in [0.717, 1.165) is 37.1 Å². The number of benzene rings is 1. The summed E-state index contributed by atoms with van der Waals surface area (Å²) in [5.74, 6) is 0.882. The van der Waals surface area contributed by atoms with Gasteiger partial charge in [-0.05, 0) is 55.9 Å². The van der Waals surface area contributed by atoms with Crippen molar-refractivity contribution in [2.45, 2.75) is 51.2 Å². The highest BCUT2D eigenvalue weighted by molar-refractivity contribution is 6.07. The van der Waals surface area contributed by atoms with E-state index in [4.69, 9.17) is 9.47 Å². The maximum absolute atomic E-state index is 12.6. The van der Waals surface area contributed by atoms with Gasteiger partial charge in [0.2, 0.25) is 6.10 Å². The summed E-state index contributed by atoms with van der Waals surface area (Å²) in [7, 11) is 1.62. The Morgan fingerprint density at radius 3 is 2.35 bits per heavy atom. The lowest BCUT2D eigenvalue weighted by Crippen LogP contribution is -2.76. The van der Waals surface area contributed by atoms with Crippen LogP contribution in [0.25, 0.3) is 0 Å². The van der Waals surface area contributed by atoms with Crippen LogP contribution >= 0.6 is 0 Å². The average Bonchev–Trinajstić information content (AvgIpc) is 2.55. The SMILES string of the molecule is COc1ccc(N2C(=O)[C@H](OC(C)=O)C23CCC(C)CC3)cc1. The van der Waals surface area contributed by atoms with Gasteiger partial charge >= 0.3 is 5.97 Å². The molecule has 0 radical (unpaired) electrons. The molecule has 5 nitrogen and oxygen atoms in total. The van der Waals surface area contributed by atoms with Crippen LogP contribution in [0.3, 0.4) is 0 Å². The van der Waals surface area contributed by atoms with Gasteiger partial charge in [0.05, 0.1) is 12.6 Å². The van der Waals surface area contributed by atoms with Gasteiger partial charge in [0.15, 0.2) is 0 Å². The summed E-state index contributed by atoms with van der Waals surface area (Å²) in [5.41, 5.74) is 0.456. The van der Waals surface area contributed by atoms with Crippen molar-refractivity contribution in [1.82, 2.24) is 0 Å². The van der Waals surface area contributed by atoms with E-state index in [1.807, 2.05) is 29.2 Å². The zero-order valence-electron chi connectivity index (χ0n) is 13.9.